The van der Waals surface area contributed by atoms with Crippen molar-refractivity contribution in [2.75, 3.05) is 7.05 Å². The Morgan fingerprint density at radius 3 is 2.76 bits per heavy atom. The van der Waals surface area contributed by atoms with Gasteiger partial charge in [-0.2, -0.15) is 0 Å². The number of nitrogens with zero attached hydrogens (tertiary/aromatic N) is 2. The Hall–Kier alpha value is -1.43. The molecular formula is C11H16N2O3S. The van der Waals surface area contributed by atoms with Crippen LogP contribution in [-0.2, 0) is 11.2 Å². The van der Waals surface area contributed by atoms with Gasteiger partial charge < -0.3 is 10.0 Å². The molecule has 1 aromatic heterocycles. The average molecular weight is 256 g/mol. The van der Waals surface area contributed by atoms with Gasteiger partial charge in [-0.05, 0) is 19.8 Å². The number of rotatable bonds is 5. The van der Waals surface area contributed by atoms with E-state index in [0.29, 0.717) is 4.88 Å². The van der Waals surface area contributed by atoms with E-state index in [-0.39, 0.29) is 5.91 Å². The Kier molecular flexibility index (Phi) is 4.62. The molecule has 1 N–H and O–H groups in total. The van der Waals surface area contributed by atoms with Crippen LogP contribution in [0.25, 0.3) is 0 Å². The zero-order valence-corrected chi connectivity index (χ0v) is 11.0. The number of aromatic nitrogens is 1. The van der Waals surface area contributed by atoms with E-state index in [9.17, 15) is 9.59 Å². The van der Waals surface area contributed by atoms with Gasteiger partial charge >= 0.3 is 5.97 Å². The van der Waals surface area contributed by atoms with E-state index < -0.39 is 12.0 Å². The summed E-state index contributed by atoms with van der Waals surface area (Å²) < 4.78 is 0. The third-order valence-corrected chi connectivity index (χ3v) is 3.53. The molecule has 5 nitrogen and oxygen atoms in total. The molecule has 0 bridgehead atoms. The van der Waals surface area contributed by atoms with Crippen LogP contribution in [0.3, 0.4) is 0 Å². The maximum Gasteiger partial charge on any atom is 0.326 e. The lowest BCUT2D eigenvalue weighted by atomic mass is 10.3. The first-order chi connectivity index (χ1) is 7.97. The van der Waals surface area contributed by atoms with Crippen molar-refractivity contribution in [1.29, 1.82) is 0 Å². The minimum atomic E-state index is -1.01. The average Bonchev–Trinajstić information content (AvgIpc) is 2.75. The van der Waals surface area contributed by atoms with Crippen molar-refractivity contribution >= 4 is 23.2 Å². The molecule has 1 amide bonds. The summed E-state index contributed by atoms with van der Waals surface area (Å²) in [7, 11) is 1.49. The maximum absolute atomic E-state index is 11.9. The smallest absolute Gasteiger partial charge is 0.326 e. The molecule has 1 rings (SSSR count). The van der Waals surface area contributed by atoms with Gasteiger partial charge in [-0.15, -0.1) is 11.3 Å². The molecule has 1 atom stereocenters. The first kappa shape index (κ1) is 13.6. The molecule has 6 heteroatoms. The van der Waals surface area contributed by atoms with Gasteiger partial charge in [0.05, 0.1) is 11.2 Å². The largest absolute Gasteiger partial charge is 0.480 e. The highest BCUT2D eigenvalue weighted by Gasteiger charge is 2.24. The molecule has 0 aromatic carbocycles. The number of hydrogen-bond acceptors (Lipinski definition) is 4. The predicted octanol–water partition coefficient (Wildman–Crippen LogP) is 1.64. The lowest BCUT2D eigenvalue weighted by Gasteiger charge is -2.20. The second kappa shape index (κ2) is 5.77. The van der Waals surface area contributed by atoms with Gasteiger partial charge in [-0.3, -0.25) is 4.79 Å². The summed E-state index contributed by atoms with van der Waals surface area (Å²) in [5, 5.41) is 9.74. The minimum Gasteiger partial charge on any atom is -0.480 e. The van der Waals surface area contributed by atoms with E-state index in [1.54, 1.807) is 0 Å². The highest BCUT2D eigenvalue weighted by atomic mass is 32.1. The van der Waals surface area contributed by atoms with Crippen molar-refractivity contribution in [3.8, 4) is 0 Å². The number of aliphatic carboxylic acids is 1. The van der Waals surface area contributed by atoms with E-state index >= 15 is 0 Å². The van der Waals surface area contributed by atoms with Crippen molar-refractivity contribution in [1.82, 2.24) is 9.88 Å². The monoisotopic (exact) mass is 256 g/mol. The van der Waals surface area contributed by atoms with Gasteiger partial charge in [0, 0.05) is 7.05 Å². The number of thiazole rings is 1. The SMILES string of the molecule is CCCc1ncc(C(=O)N(C)C(C)C(=O)O)s1. The number of likely N-dealkylation sites (N-methyl/N-ethyl adjacent to an activating group) is 1. The number of amides is 1. The fraction of sp³-hybridized carbons (Fsp3) is 0.545. The quantitative estimate of drug-likeness (QED) is 0.869. The van der Waals surface area contributed by atoms with E-state index in [1.165, 1.54) is 36.4 Å². The van der Waals surface area contributed by atoms with E-state index in [4.69, 9.17) is 5.11 Å². The lowest BCUT2D eigenvalue weighted by molar-refractivity contribution is -0.141. The summed E-state index contributed by atoms with van der Waals surface area (Å²) in [4.78, 5) is 28.6. The topological polar surface area (TPSA) is 70.5 Å². The number of carbonyl (C=O) groups excluding carboxylic acids is 1. The van der Waals surface area contributed by atoms with Crippen molar-refractivity contribution in [2.45, 2.75) is 32.7 Å². The van der Waals surface area contributed by atoms with Crippen molar-refractivity contribution in [3.05, 3.63) is 16.1 Å². The molecule has 0 spiro atoms. The normalized spacial score (nSPS) is 12.2. The van der Waals surface area contributed by atoms with Gasteiger partial charge in [-0.25, -0.2) is 9.78 Å². The lowest BCUT2D eigenvalue weighted by Crippen LogP contribution is -2.39. The molecule has 0 radical (unpaired) electrons. The van der Waals surface area contributed by atoms with Crippen LogP contribution in [0.1, 0.15) is 34.9 Å². The molecular weight excluding hydrogens is 240 g/mol. The molecule has 1 aromatic rings. The van der Waals surface area contributed by atoms with Crippen molar-refractivity contribution in [2.24, 2.45) is 0 Å². The van der Waals surface area contributed by atoms with Gasteiger partial charge in [0.1, 0.15) is 10.9 Å². The first-order valence-electron chi connectivity index (χ1n) is 5.42. The Balaban J connectivity index is 2.77. The van der Waals surface area contributed by atoms with Gasteiger partial charge in [-0.1, -0.05) is 6.92 Å². The van der Waals surface area contributed by atoms with Gasteiger partial charge in [0.15, 0.2) is 0 Å². The van der Waals surface area contributed by atoms with Gasteiger partial charge in [0.2, 0.25) is 0 Å². The Labute approximate surface area is 104 Å². The zero-order valence-electron chi connectivity index (χ0n) is 10.1. The number of aryl methyl sites for hydroxylation is 1. The van der Waals surface area contributed by atoms with Crippen LogP contribution >= 0.6 is 11.3 Å². The summed E-state index contributed by atoms with van der Waals surface area (Å²) in [5.41, 5.74) is 0. The van der Waals surface area contributed by atoms with E-state index in [1.807, 2.05) is 6.92 Å². The van der Waals surface area contributed by atoms with Crippen LogP contribution in [-0.4, -0.2) is 40.0 Å². The van der Waals surface area contributed by atoms with Crippen LogP contribution < -0.4 is 0 Å². The third kappa shape index (κ3) is 3.26. The summed E-state index contributed by atoms with van der Waals surface area (Å²) in [6.07, 6.45) is 3.34. The molecule has 94 valence electrons. The van der Waals surface area contributed by atoms with Crippen LogP contribution in [0.2, 0.25) is 0 Å². The Morgan fingerprint density at radius 2 is 2.24 bits per heavy atom. The van der Waals surface area contributed by atoms with E-state index in [2.05, 4.69) is 4.98 Å². The standard InChI is InChI=1S/C11H16N2O3S/c1-4-5-9-12-6-8(17-9)10(14)13(3)7(2)11(15)16/h6-7H,4-5H2,1-3H3,(H,15,16). The molecule has 0 fully saturated rings. The summed E-state index contributed by atoms with van der Waals surface area (Å²) in [5.74, 6) is -1.31. The van der Waals surface area contributed by atoms with Crippen LogP contribution in [0, 0.1) is 0 Å². The number of carboxylic acids is 1. The molecule has 1 unspecified atom stereocenters. The number of hydrogen-bond donors (Lipinski definition) is 1. The van der Waals surface area contributed by atoms with Crippen LogP contribution in [0.5, 0.6) is 0 Å². The predicted molar refractivity (Wildman–Crippen MR) is 65.3 cm³/mol. The molecule has 0 saturated carbocycles. The van der Waals surface area contributed by atoms with E-state index in [0.717, 1.165) is 17.8 Å². The van der Waals surface area contributed by atoms with Gasteiger partial charge in [0.25, 0.3) is 5.91 Å². The first-order valence-corrected chi connectivity index (χ1v) is 6.23. The second-order valence-electron chi connectivity index (χ2n) is 3.80. The van der Waals surface area contributed by atoms with Crippen LogP contribution in [0.4, 0.5) is 0 Å². The summed E-state index contributed by atoms with van der Waals surface area (Å²) in [6.45, 7) is 3.52. The Bertz CT molecular complexity index is 417. The highest BCUT2D eigenvalue weighted by Crippen LogP contribution is 2.17. The third-order valence-electron chi connectivity index (χ3n) is 2.49. The fourth-order valence-electron chi connectivity index (χ4n) is 1.25. The number of carboxylic acid groups (broad SMARTS) is 1. The summed E-state index contributed by atoms with van der Waals surface area (Å²) in [6, 6.07) is -0.834. The molecule has 0 saturated heterocycles. The summed E-state index contributed by atoms with van der Waals surface area (Å²) >= 11 is 1.33. The maximum atomic E-state index is 11.9. The molecule has 0 aliphatic rings. The molecule has 17 heavy (non-hydrogen) atoms. The van der Waals surface area contributed by atoms with Crippen molar-refractivity contribution < 1.29 is 14.7 Å². The number of carbonyl (C=O) groups is 2. The zero-order chi connectivity index (χ0) is 13.0. The van der Waals surface area contributed by atoms with Crippen molar-refractivity contribution in [3.63, 3.8) is 0 Å². The Morgan fingerprint density at radius 1 is 1.59 bits per heavy atom. The minimum absolute atomic E-state index is 0.292. The molecule has 0 aliphatic heterocycles. The second-order valence-corrected chi connectivity index (χ2v) is 4.91. The van der Waals surface area contributed by atoms with Crippen LogP contribution in [0.15, 0.2) is 6.20 Å². The highest BCUT2D eigenvalue weighted by molar-refractivity contribution is 7.13. The molecule has 0 aliphatic carbocycles. The fourth-order valence-corrected chi connectivity index (χ4v) is 2.26. The molecule has 1 heterocycles.